The van der Waals surface area contributed by atoms with E-state index in [0.29, 0.717) is 0 Å². The van der Waals surface area contributed by atoms with Crippen LogP contribution in [0.15, 0.2) is 41.1 Å². The first-order chi connectivity index (χ1) is 8.33. The molecule has 1 fully saturated rings. The predicted molar refractivity (Wildman–Crippen MR) is 68.5 cm³/mol. The van der Waals surface area contributed by atoms with Gasteiger partial charge >= 0.3 is 0 Å². The standard InChI is InChI=1S/C12H12BrN3O/c13-11-3-1-2-4-12(11)16-8-10(7-15-16)17-9-5-14-6-9/h1-4,7-9,14H,5-6H2. The van der Waals surface area contributed by atoms with E-state index in [2.05, 4.69) is 26.3 Å². The Kier molecular flexibility index (Phi) is 2.86. The van der Waals surface area contributed by atoms with Crippen molar-refractivity contribution in [3.05, 3.63) is 41.1 Å². The van der Waals surface area contributed by atoms with Gasteiger partial charge in [0.05, 0.1) is 18.1 Å². The largest absolute Gasteiger partial charge is 0.484 e. The van der Waals surface area contributed by atoms with Crippen LogP contribution in [0, 0.1) is 0 Å². The van der Waals surface area contributed by atoms with Crippen LogP contribution in [-0.4, -0.2) is 29.0 Å². The van der Waals surface area contributed by atoms with Gasteiger partial charge in [0.15, 0.2) is 5.75 Å². The van der Waals surface area contributed by atoms with Gasteiger partial charge in [0.1, 0.15) is 6.10 Å². The molecule has 0 aliphatic carbocycles. The summed E-state index contributed by atoms with van der Waals surface area (Å²) in [5.41, 5.74) is 1.01. The molecular weight excluding hydrogens is 282 g/mol. The zero-order valence-corrected chi connectivity index (χ0v) is 10.7. The highest BCUT2D eigenvalue weighted by atomic mass is 79.9. The number of hydrogen-bond donors (Lipinski definition) is 1. The molecule has 4 nitrogen and oxygen atoms in total. The minimum absolute atomic E-state index is 0.284. The molecule has 0 spiro atoms. The van der Waals surface area contributed by atoms with Gasteiger partial charge in [-0.05, 0) is 28.1 Å². The maximum absolute atomic E-state index is 5.73. The SMILES string of the molecule is Brc1ccccc1-n1cc(OC2CNC2)cn1. The fraction of sp³-hybridized carbons (Fsp3) is 0.250. The van der Waals surface area contributed by atoms with Crippen molar-refractivity contribution in [2.45, 2.75) is 6.10 Å². The summed E-state index contributed by atoms with van der Waals surface area (Å²) in [6.45, 7) is 1.83. The van der Waals surface area contributed by atoms with E-state index in [1.165, 1.54) is 0 Å². The molecule has 0 radical (unpaired) electrons. The molecule has 0 saturated carbocycles. The number of benzene rings is 1. The van der Waals surface area contributed by atoms with Gasteiger partial charge in [-0.3, -0.25) is 0 Å². The molecule has 5 heteroatoms. The molecule has 0 unspecified atom stereocenters. The zero-order chi connectivity index (χ0) is 11.7. The van der Waals surface area contributed by atoms with E-state index in [-0.39, 0.29) is 6.10 Å². The van der Waals surface area contributed by atoms with Gasteiger partial charge in [-0.2, -0.15) is 5.10 Å². The molecule has 0 bridgehead atoms. The molecule has 0 atom stereocenters. The van der Waals surface area contributed by atoms with E-state index < -0.39 is 0 Å². The maximum Gasteiger partial charge on any atom is 0.158 e. The van der Waals surface area contributed by atoms with Crippen LogP contribution in [0.3, 0.4) is 0 Å². The normalized spacial score (nSPS) is 15.6. The number of para-hydroxylation sites is 1. The molecule has 1 N–H and O–H groups in total. The smallest absolute Gasteiger partial charge is 0.158 e. The third kappa shape index (κ3) is 2.21. The second kappa shape index (κ2) is 4.50. The predicted octanol–water partition coefficient (Wildman–Crippen LogP) is 1.99. The average molecular weight is 294 g/mol. The summed E-state index contributed by atoms with van der Waals surface area (Å²) in [6, 6.07) is 7.96. The van der Waals surface area contributed by atoms with Crippen molar-refractivity contribution >= 4 is 15.9 Å². The van der Waals surface area contributed by atoms with E-state index in [9.17, 15) is 0 Å². The lowest BCUT2D eigenvalue weighted by Gasteiger charge is -2.26. The highest BCUT2D eigenvalue weighted by Crippen LogP contribution is 2.22. The van der Waals surface area contributed by atoms with Gasteiger partial charge in [0.25, 0.3) is 0 Å². The Morgan fingerprint density at radius 3 is 2.88 bits per heavy atom. The number of nitrogens with one attached hydrogen (secondary N) is 1. The molecule has 1 aromatic heterocycles. The topological polar surface area (TPSA) is 39.1 Å². The molecule has 1 aliphatic rings. The van der Waals surface area contributed by atoms with Gasteiger partial charge < -0.3 is 10.1 Å². The summed E-state index contributed by atoms with van der Waals surface area (Å²) in [6.07, 6.45) is 3.93. The van der Waals surface area contributed by atoms with Gasteiger partial charge in [-0.15, -0.1) is 0 Å². The van der Waals surface area contributed by atoms with Crippen molar-refractivity contribution in [1.82, 2.24) is 15.1 Å². The van der Waals surface area contributed by atoms with Crippen LogP contribution in [0.25, 0.3) is 5.69 Å². The van der Waals surface area contributed by atoms with Crippen LogP contribution in [0.1, 0.15) is 0 Å². The fourth-order valence-electron chi connectivity index (χ4n) is 1.67. The first-order valence-electron chi connectivity index (χ1n) is 5.50. The first kappa shape index (κ1) is 10.8. The van der Waals surface area contributed by atoms with Crippen molar-refractivity contribution in [2.75, 3.05) is 13.1 Å². The van der Waals surface area contributed by atoms with E-state index in [1.54, 1.807) is 6.20 Å². The van der Waals surface area contributed by atoms with Gasteiger partial charge in [-0.1, -0.05) is 12.1 Å². The van der Waals surface area contributed by atoms with Crippen molar-refractivity contribution in [1.29, 1.82) is 0 Å². The molecule has 88 valence electrons. The van der Waals surface area contributed by atoms with Gasteiger partial charge in [0, 0.05) is 17.6 Å². The molecular formula is C12H12BrN3O. The summed E-state index contributed by atoms with van der Waals surface area (Å²) < 4.78 is 8.56. The molecule has 1 aromatic carbocycles. The quantitative estimate of drug-likeness (QED) is 0.941. The van der Waals surface area contributed by atoms with Crippen LogP contribution >= 0.6 is 15.9 Å². The Morgan fingerprint density at radius 2 is 2.18 bits per heavy atom. The zero-order valence-electron chi connectivity index (χ0n) is 9.14. The fourth-order valence-corrected chi connectivity index (χ4v) is 2.14. The van der Waals surface area contributed by atoms with E-state index in [0.717, 1.165) is 29.0 Å². The van der Waals surface area contributed by atoms with Crippen LogP contribution in [-0.2, 0) is 0 Å². The van der Waals surface area contributed by atoms with Crippen LogP contribution < -0.4 is 10.1 Å². The number of aromatic nitrogens is 2. The van der Waals surface area contributed by atoms with E-state index in [1.807, 2.05) is 35.1 Å². The lowest BCUT2D eigenvalue weighted by atomic mass is 10.2. The summed E-state index contributed by atoms with van der Waals surface area (Å²) >= 11 is 3.51. The summed E-state index contributed by atoms with van der Waals surface area (Å²) in [5, 5.41) is 7.47. The minimum Gasteiger partial charge on any atom is -0.484 e. The molecule has 17 heavy (non-hydrogen) atoms. The lowest BCUT2D eigenvalue weighted by molar-refractivity contribution is 0.142. The van der Waals surface area contributed by atoms with Crippen molar-refractivity contribution < 1.29 is 4.74 Å². The molecule has 0 amide bonds. The molecule has 1 aliphatic heterocycles. The highest BCUT2D eigenvalue weighted by molar-refractivity contribution is 9.10. The summed E-state index contributed by atoms with van der Waals surface area (Å²) in [4.78, 5) is 0. The van der Waals surface area contributed by atoms with Crippen molar-refractivity contribution in [3.63, 3.8) is 0 Å². The Bertz CT molecular complexity index is 522. The second-order valence-electron chi connectivity index (χ2n) is 3.97. The number of rotatable bonds is 3. The first-order valence-corrected chi connectivity index (χ1v) is 6.29. The second-order valence-corrected chi connectivity index (χ2v) is 4.82. The highest BCUT2D eigenvalue weighted by Gasteiger charge is 2.19. The van der Waals surface area contributed by atoms with Crippen LogP contribution in [0.4, 0.5) is 0 Å². The van der Waals surface area contributed by atoms with E-state index in [4.69, 9.17) is 4.74 Å². The monoisotopic (exact) mass is 293 g/mol. The molecule has 2 heterocycles. The molecule has 1 saturated heterocycles. The Labute approximate surface area is 108 Å². The van der Waals surface area contributed by atoms with Gasteiger partial charge in [0.2, 0.25) is 0 Å². The maximum atomic E-state index is 5.73. The third-order valence-corrected chi connectivity index (χ3v) is 3.38. The van der Waals surface area contributed by atoms with E-state index >= 15 is 0 Å². The Morgan fingerprint density at radius 1 is 1.35 bits per heavy atom. The third-order valence-electron chi connectivity index (χ3n) is 2.70. The summed E-state index contributed by atoms with van der Waals surface area (Å²) in [7, 11) is 0. The van der Waals surface area contributed by atoms with Crippen LogP contribution in [0.5, 0.6) is 5.75 Å². The number of nitrogens with zero attached hydrogens (tertiary/aromatic N) is 2. The molecule has 2 aromatic rings. The van der Waals surface area contributed by atoms with Crippen molar-refractivity contribution in [3.8, 4) is 11.4 Å². The minimum atomic E-state index is 0.284. The lowest BCUT2D eigenvalue weighted by Crippen LogP contribution is -2.50. The van der Waals surface area contributed by atoms with Gasteiger partial charge in [-0.25, -0.2) is 4.68 Å². The van der Waals surface area contributed by atoms with Crippen LogP contribution in [0.2, 0.25) is 0 Å². The Balaban J connectivity index is 1.82. The molecule has 3 rings (SSSR count). The average Bonchev–Trinajstić information content (AvgIpc) is 2.73. The van der Waals surface area contributed by atoms with Crippen molar-refractivity contribution in [2.24, 2.45) is 0 Å². The number of hydrogen-bond acceptors (Lipinski definition) is 3. The summed E-state index contributed by atoms with van der Waals surface area (Å²) in [5.74, 6) is 0.812. The Hall–Kier alpha value is -1.33. The number of ether oxygens (including phenoxy) is 1. The number of halogens is 1.